The SMILES string of the molecule is COc1ccc(Cl)cc1C(Cl)c1cc(C)cc(F)c1. The summed E-state index contributed by atoms with van der Waals surface area (Å²) >= 11 is 12.4. The molecule has 0 saturated heterocycles. The normalized spacial score (nSPS) is 12.3. The lowest BCUT2D eigenvalue weighted by molar-refractivity contribution is 0.410. The van der Waals surface area contributed by atoms with Gasteiger partial charge in [0, 0.05) is 10.6 Å². The van der Waals surface area contributed by atoms with Gasteiger partial charge < -0.3 is 4.74 Å². The van der Waals surface area contributed by atoms with Gasteiger partial charge in [-0.05, 0) is 48.4 Å². The van der Waals surface area contributed by atoms with Crippen molar-refractivity contribution in [3.63, 3.8) is 0 Å². The van der Waals surface area contributed by atoms with Crippen LogP contribution in [-0.4, -0.2) is 7.11 Å². The van der Waals surface area contributed by atoms with E-state index in [1.54, 1.807) is 25.3 Å². The van der Waals surface area contributed by atoms with Gasteiger partial charge in [-0.25, -0.2) is 4.39 Å². The van der Waals surface area contributed by atoms with Crippen LogP contribution in [0.25, 0.3) is 0 Å². The number of aryl methyl sites for hydroxylation is 1. The summed E-state index contributed by atoms with van der Waals surface area (Å²) in [5, 5.41) is 0.0534. The third-order valence-electron chi connectivity index (χ3n) is 2.82. The summed E-state index contributed by atoms with van der Waals surface area (Å²) in [5.74, 6) is 0.327. The molecule has 2 rings (SSSR count). The molecule has 1 nitrogen and oxygen atoms in total. The van der Waals surface area contributed by atoms with E-state index in [2.05, 4.69) is 0 Å². The Hall–Kier alpha value is -1.25. The minimum atomic E-state index is -0.511. The fourth-order valence-electron chi connectivity index (χ4n) is 1.99. The number of alkyl halides is 1. The number of hydrogen-bond donors (Lipinski definition) is 0. The molecule has 0 saturated carbocycles. The molecule has 100 valence electrons. The van der Waals surface area contributed by atoms with Crippen LogP contribution in [0.2, 0.25) is 5.02 Å². The van der Waals surface area contributed by atoms with Crippen LogP contribution in [0.15, 0.2) is 36.4 Å². The van der Waals surface area contributed by atoms with Crippen molar-refractivity contribution in [1.82, 2.24) is 0 Å². The van der Waals surface area contributed by atoms with Gasteiger partial charge in [0.05, 0.1) is 12.5 Å². The van der Waals surface area contributed by atoms with Crippen LogP contribution in [0.3, 0.4) is 0 Å². The van der Waals surface area contributed by atoms with Crippen LogP contribution >= 0.6 is 23.2 Å². The Morgan fingerprint density at radius 3 is 2.53 bits per heavy atom. The number of rotatable bonds is 3. The first kappa shape index (κ1) is 14.2. The van der Waals surface area contributed by atoms with Gasteiger partial charge in [0.1, 0.15) is 11.6 Å². The monoisotopic (exact) mass is 298 g/mol. The Morgan fingerprint density at radius 1 is 1.16 bits per heavy atom. The largest absolute Gasteiger partial charge is 0.496 e. The smallest absolute Gasteiger partial charge is 0.123 e. The Kier molecular flexibility index (Phi) is 4.33. The number of hydrogen-bond acceptors (Lipinski definition) is 1. The topological polar surface area (TPSA) is 9.23 Å². The highest BCUT2D eigenvalue weighted by molar-refractivity contribution is 6.31. The third-order valence-corrected chi connectivity index (χ3v) is 3.54. The van der Waals surface area contributed by atoms with Gasteiger partial charge in [-0.3, -0.25) is 0 Å². The number of methoxy groups -OCH3 is 1. The highest BCUT2D eigenvalue weighted by Gasteiger charge is 2.17. The first-order chi connectivity index (χ1) is 9.01. The van der Waals surface area contributed by atoms with E-state index in [0.717, 1.165) is 11.1 Å². The van der Waals surface area contributed by atoms with E-state index < -0.39 is 5.38 Å². The highest BCUT2D eigenvalue weighted by atomic mass is 35.5. The lowest BCUT2D eigenvalue weighted by Gasteiger charge is -2.15. The molecular formula is C15H13Cl2FO. The molecule has 0 fully saturated rings. The zero-order chi connectivity index (χ0) is 14.0. The lowest BCUT2D eigenvalue weighted by Crippen LogP contribution is -1.99. The second kappa shape index (κ2) is 5.81. The van der Waals surface area contributed by atoms with Crippen molar-refractivity contribution >= 4 is 23.2 Å². The van der Waals surface area contributed by atoms with Crippen LogP contribution < -0.4 is 4.74 Å². The Morgan fingerprint density at radius 2 is 1.89 bits per heavy atom. The first-order valence-corrected chi connectivity index (χ1v) is 6.57. The summed E-state index contributed by atoms with van der Waals surface area (Å²) in [6.45, 7) is 1.82. The molecule has 1 atom stereocenters. The molecule has 19 heavy (non-hydrogen) atoms. The summed E-state index contributed by atoms with van der Waals surface area (Å²) in [7, 11) is 1.56. The van der Waals surface area contributed by atoms with E-state index >= 15 is 0 Å². The Bertz CT molecular complexity index is 578. The Balaban J connectivity index is 2.48. The van der Waals surface area contributed by atoms with E-state index in [1.807, 2.05) is 13.0 Å². The van der Waals surface area contributed by atoms with Crippen molar-refractivity contribution in [3.8, 4) is 5.75 Å². The molecule has 0 N–H and O–H groups in total. The minimum absolute atomic E-state index is 0.304. The molecule has 0 heterocycles. The van der Waals surface area contributed by atoms with Crippen LogP contribution in [0.1, 0.15) is 22.1 Å². The van der Waals surface area contributed by atoms with E-state index in [0.29, 0.717) is 16.3 Å². The molecule has 0 bridgehead atoms. The highest BCUT2D eigenvalue weighted by Crippen LogP contribution is 2.37. The molecule has 1 unspecified atom stereocenters. The molecule has 0 aliphatic carbocycles. The minimum Gasteiger partial charge on any atom is -0.496 e. The number of ether oxygens (including phenoxy) is 1. The van der Waals surface area contributed by atoms with Crippen molar-refractivity contribution in [2.75, 3.05) is 7.11 Å². The number of benzene rings is 2. The van der Waals surface area contributed by atoms with Crippen molar-refractivity contribution in [2.24, 2.45) is 0 Å². The van der Waals surface area contributed by atoms with Crippen molar-refractivity contribution < 1.29 is 9.13 Å². The second-order valence-electron chi connectivity index (χ2n) is 4.31. The molecular weight excluding hydrogens is 286 g/mol. The molecule has 0 amide bonds. The summed E-state index contributed by atoms with van der Waals surface area (Å²) in [6.07, 6.45) is 0. The van der Waals surface area contributed by atoms with E-state index in [4.69, 9.17) is 27.9 Å². The summed E-state index contributed by atoms with van der Waals surface area (Å²) in [5.41, 5.74) is 2.23. The quantitative estimate of drug-likeness (QED) is 0.714. The fourth-order valence-corrected chi connectivity index (χ4v) is 2.47. The van der Waals surface area contributed by atoms with Crippen LogP contribution in [0.4, 0.5) is 4.39 Å². The van der Waals surface area contributed by atoms with Crippen molar-refractivity contribution in [2.45, 2.75) is 12.3 Å². The van der Waals surface area contributed by atoms with Crippen LogP contribution in [-0.2, 0) is 0 Å². The van der Waals surface area contributed by atoms with Crippen LogP contribution in [0.5, 0.6) is 5.75 Å². The van der Waals surface area contributed by atoms with Gasteiger partial charge in [-0.15, -0.1) is 11.6 Å². The van der Waals surface area contributed by atoms with Gasteiger partial charge in [-0.1, -0.05) is 17.7 Å². The van der Waals surface area contributed by atoms with Gasteiger partial charge in [-0.2, -0.15) is 0 Å². The second-order valence-corrected chi connectivity index (χ2v) is 5.18. The summed E-state index contributed by atoms with van der Waals surface area (Å²) in [6, 6.07) is 9.94. The van der Waals surface area contributed by atoms with E-state index in [-0.39, 0.29) is 5.82 Å². The van der Waals surface area contributed by atoms with E-state index in [1.165, 1.54) is 12.1 Å². The standard InChI is InChI=1S/C15H13Cl2FO/c1-9-5-10(7-12(18)6-9)15(17)13-8-11(16)3-4-14(13)19-2/h3-8,15H,1-2H3. The predicted octanol–water partition coefficient (Wildman–Crippen LogP) is 5.12. The molecule has 0 aromatic heterocycles. The maximum Gasteiger partial charge on any atom is 0.123 e. The number of halogens is 3. The van der Waals surface area contributed by atoms with Gasteiger partial charge in [0.15, 0.2) is 0 Å². The van der Waals surface area contributed by atoms with Gasteiger partial charge in [0.25, 0.3) is 0 Å². The van der Waals surface area contributed by atoms with Crippen molar-refractivity contribution in [3.05, 3.63) is 63.9 Å². The summed E-state index contributed by atoms with van der Waals surface area (Å²) < 4.78 is 18.7. The van der Waals surface area contributed by atoms with Gasteiger partial charge >= 0.3 is 0 Å². The summed E-state index contributed by atoms with van der Waals surface area (Å²) in [4.78, 5) is 0. The maximum absolute atomic E-state index is 13.4. The molecule has 0 radical (unpaired) electrons. The van der Waals surface area contributed by atoms with Crippen LogP contribution in [0, 0.1) is 12.7 Å². The molecule has 2 aromatic carbocycles. The van der Waals surface area contributed by atoms with Gasteiger partial charge in [0.2, 0.25) is 0 Å². The zero-order valence-corrected chi connectivity index (χ0v) is 12.1. The third kappa shape index (κ3) is 3.20. The average Bonchev–Trinajstić information content (AvgIpc) is 2.36. The fraction of sp³-hybridized carbons (Fsp3) is 0.200. The predicted molar refractivity (Wildman–Crippen MR) is 76.8 cm³/mol. The van der Waals surface area contributed by atoms with Crippen molar-refractivity contribution in [1.29, 1.82) is 0 Å². The molecule has 0 aliphatic rings. The lowest BCUT2D eigenvalue weighted by atomic mass is 10.0. The molecule has 2 aromatic rings. The zero-order valence-electron chi connectivity index (χ0n) is 10.6. The molecule has 4 heteroatoms. The Labute approximate surface area is 121 Å². The maximum atomic E-state index is 13.4. The first-order valence-electron chi connectivity index (χ1n) is 5.76. The molecule has 0 spiro atoms. The average molecular weight is 299 g/mol. The van der Waals surface area contributed by atoms with E-state index in [9.17, 15) is 4.39 Å². The molecule has 0 aliphatic heterocycles.